The lowest BCUT2D eigenvalue weighted by Crippen LogP contribution is -2.46. The summed E-state index contributed by atoms with van der Waals surface area (Å²) in [4.78, 5) is 2.10. The smallest absolute Gasteiger partial charge is 0.0900 e. The molecule has 124 valence electrons. The van der Waals surface area contributed by atoms with E-state index in [0.29, 0.717) is 24.0 Å². The molecule has 22 heavy (non-hydrogen) atoms. The lowest BCUT2D eigenvalue weighted by molar-refractivity contribution is -0.0339. The molecule has 4 atom stereocenters. The zero-order chi connectivity index (χ0) is 16.1. The van der Waals surface area contributed by atoms with Crippen molar-refractivity contribution < 1.29 is 14.9 Å². The van der Waals surface area contributed by atoms with Crippen LogP contribution in [0.2, 0.25) is 5.02 Å². The average Bonchev–Trinajstić information content (AvgIpc) is 2.49. The Kier molecular flexibility index (Phi) is 6.66. The van der Waals surface area contributed by atoms with Gasteiger partial charge in [-0.25, -0.2) is 0 Å². The maximum Gasteiger partial charge on any atom is 0.0900 e. The number of ether oxygens (including phenoxy) is 1. The van der Waals surface area contributed by atoms with Gasteiger partial charge in [0.2, 0.25) is 0 Å². The van der Waals surface area contributed by atoms with Gasteiger partial charge in [0.1, 0.15) is 0 Å². The highest BCUT2D eigenvalue weighted by molar-refractivity contribution is 6.30. The van der Waals surface area contributed by atoms with Crippen molar-refractivity contribution in [2.75, 3.05) is 26.2 Å². The highest BCUT2D eigenvalue weighted by Crippen LogP contribution is 2.20. The van der Waals surface area contributed by atoms with Crippen molar-refractivity contribution in [3.05, 3.63) is 34.9 Å². The molecule has 4 unspecified atom stereocenters. The molecule has 0 radical (unpaired) electrons. The average molecular weight is 328 g/mol. The molecule has 1 aromatic rings. The van der Waals surface area contributed by atoms with E-state index in [1.165, 1.54) is 0 Å². The standard InChI is InChI=1S/C17H26ClNO3/c1-12-7-8-19(10-17(12)21)9-16(20)11-22-13(2)14-3-5-15(18)6-4-14/h3-6,12-13,16-17,20-21H,7-11H2,1-2H3. The molecular formula is C17H26ClNO3. The predicted molar refractivity (Wildman–Crippen MR) is 88.1 cm³/mol. The van der Waals surface area contributed by atoms with Crippen LogP contribution in [0.4, 0.5) is 0 Å². The van der Waals surface area contributed by atoms with Crippen molar-refractivity contribution in [1.29, 1.82) is 0 Å². The number of hydrogen-bond donors (Lipinski definition) is 2. The summed E-state index contributed by atoms with van der Waals surface area (Å²) >= 11 is 5.87. The predicted octanol–water partition coefficient (Wildman–Crippen LogP) is 2.48. The summed E-state index contributed by atoms with van der Waals surface area (Å²) in [5.74, 6) is 0.342. The van der Waals surface area contributed by atoms with Crippen molar-refractivity contribution >= 4 is 11.6 Å². The highest BCUT2D eigenvalue weighted by Gasteiger charge is 2.25. The minimum Gasteiger partial charge on any atom is -0.392 e. The van der Waals surface area contributed by atoms with Gasteiger partial charge in [0.15, 0.2) is 0 Å². The Morgan fingerprint density at radius 2 is 2.05 bits per heavy atom. The molecule has 1 aliphatic heterocycles. The number of nitrogens with zero attached hydrogens (tertiary/aromatic N) is 1. The third-order valence-corrected chi connectivity index (χ3v) is 4.60. The van der Waals surface area contributed by atoms with Gasteiger partial charge in [0, 0.05) is 18.1 Å². The van der Waals surface area contributed by atoms with Gasteiger partial charge >= 0.3 is 0 Å². The molecule has 1 saturated heterocycles. The second-order valence-corrected chi connectivity index (χ2v) is 6.71. The van der Waals surface area contributed by atoms with Crippen LogP contribution < -0.4 is 0 Å². The first-order chi connectivity index (χ1) is 10.5. The fourth-order valence-corrected chi connectivity index (χ4v) is 2.84. The minimum atomic E-state index is -0.546. The number of rotatable bonds is 6. The molecule has 1 aliphatic rings. The zero-order valence-corrected chi connectivity index (χ0v) is 14.0. The topological polar surface area (TPSA) is 52.9 Å². The first kappa shape index (κ1) is 17.7. The SMILES string of the molecule is CC(OCC(O)CN1CCC(C)C(O)C1)c1ccc(Cl)cc1. The van der Waals surface area contributed by atoms with Gasteiger partial charge in [-0.2, -0.15) is 0 Å². The molecule has 5 heteroatoms. The van der Waals surface area contributed by atoms with E-state index in [-0.39, 0.29) is 18.8 Å². The molecule has 1 fully saturated rings. The van der Waals surface area contributed by atoms with Crippen molar-refractivity contribution in [1.82, 2.24) is 4.90 Å². The van der Waals surface area contributed by atoms with Crippen LogP contribution in [0, 0.1) is 5.92 Å². The van der Waals surface area contributed by atoms with E-state index in [1.54, 1.807) is 0 Å². The molecular weight excluding hydrogens is 302 g/mol. The molecule has 2 N–H and O–H groups in total. The molecule has 0 aromatic heterocycles. The van der Waals surface area contributed by atoms with Crippen molar-refractivity contribution in [2.45, 2.75) is 38.6 Å². The summed E-state index contributed by atoms with van der Waals surface area (Å²) in [5.41, 5.74) is 1.04. The number of piperidine rings is 1. The van der Waals surface area contributed by atoms with Gasteiger partial charge in [-0.1, -0.05) is 30.7 Å². The van der Waals surface area contributed by atoms with Crippen molar-refractivity contribution in [3.63, 3.8) is 0 Å². The quantitative estimate of drug-likeness (QED) is 0.843. The first-order valence-corrected chi connectivity index (χ1v) is 8.29. The highest BCUT2D eigenvalue weighted by atomic mass is 35.5. The van der Waals surface area contributed by atoms with E-state index in [1.807, 2.05) is 31.2 Å². The van der Waals surface area contributed by atoms with Gasteiger partial charge in [0.05, 0.1) is 24.9 Å². The van der Waals surface area contributed by atoms with Crippen LogP contribution >= 0.6 is 11.6 Å². The van der Waals surface area contributed by atoms with Gasteiger partial charge in [-0.05, 0) is 43.5 Å². The first-order valence-electron chi connectivity index (χ1n) is 7.91. The Morgan fingerprint density at radius 1 is 1.36 bits per heavy atom. The van der Waals surface area contributed by atoms with Crippen LogP contribution in [0.25, 0.3) is 0 Å². The van der Waals surface area contributed by atoms with Crippen LogP contribution in [0.1, 0.15) is 31.9 Å². The van der Waals surface area contributed by atoms with Crippen LogP contribution in [0.5, 0.6) is 0 Å². The fraction of sp³-hybridized carbons (Fsp3) is 0.647. The molecule has 0 bridgehead atoms. The molecule has 0 saturated carbocycles. The summed E-state index contributed by atoms with van der Waals surface area (Å²) in [5, 5.41) is 20.7. The Balaban J connectivity index is 1.73. The van der Waals surface area contributed by atoms with Crippen LogP contribution in [0.15, 0.2) is 24.3 Å². The summed E-state index contributed by atoms with van der Waals surface area (Å²) < 4.78 is 5.74. The van der Waals surface area contributed by atoms with E-state index in [0.717, 1.165) is 18.5 Å². The monoisotopic (exact) mass is 327 g/mol. The molecule has 0 aliphatic carbocycles. The van der Waals surface area contributed by atoms with E-state index < -0.39 is 6.10 Å². The number of benzene rings is 1. The Morgan fingerprint density at radius 3 is 2.68 bits per heavy atom. The Labute approximate surface area is 137 Å². The van der Waals surface area contributed by atoms with Gasteiger partial charge in [-0.15, -0.1) is 0 Å². The molecule has 0 amide bonds. The lowest BCUT2D eigenvalue weighted by atomic mass is 9.96. The summed E-state index contributed by atoms with van der Waals surface area (Å²) in [7, 11) is 0. The molecule has 2 rings (SSSR count). The summed E-state index contributed by atoms with van der Waals surface area (Å²) in [6, 6.07) is 7.54. The van der Waals surface area contributed by atoms with Crippen molar-refractivity contribution in [3.8, 4) is 0 Å². The Bertz CT molecular complexity index is 454. The number of halogens is 1. The maximum absolute atomic E-state index is 10.1. The second-order valence-electron chi connectivity index (χ2n) is 6.27. The summed E-state index contributed by atoms with van der Waals surface area (Å²) in [6.07, 6.45) is 0.0414. The normalized spacial score (nSPS) is 25.9. The van der Waals surface area contributed by atoms with Gasteiger partial charge in [0.25, 0.3) is 0 Å². The number of aliphatic hydroxyl groups excluding tert-OH is 2. The largest absolute Gasteiger partial charge is 0.392 e. The molecule has 0 spiro atoms. The van der Waals surface area contributed by atoms with Gasteiger partial charge < -0.3 is 14.9 Å². The number of β-amino-alcohol motifs (C(OH)–C–C–N with tert-alkyl or cyclic N) is 2. The third-order valence-electron chi connectivity index (χ3n) is 4.35. The van der Waals surface area contributed by atoms with Crippen molar-refractivity contribution in [2.24, 2.45) is 5.92 Å². The third kappa shape index (κ3) is 5.21. The molecule has 4 nitrogen and oxygen atoms in total. The Hall–Kier alpha value is -0.650. The fourth-order valence-electron chi connectivity index (χ4n) is 2.72. The van der Waals surface area contributed by atoms with E-state index in [9.17, 15) is 10.2 Å². The van der Waals surface area contributed by atoms with Gasteiger partial charge in [-0.3, -0.25) is 4.90 Å². The van der Waals surface area contributed by atoms with Crippen LogP contribution in [0.3, 0.4) is 0 Å². The maximum atomic E-state index is 10.1. The molecule has 1 aromatic carbocycles. The second kappa shape index (κ2) is 8.27. The van der Waals surface area contributed by atoms with Crippen LogP contribution in [-0.2, 0) is 4.74 Å². The number of hydrogen-bond acceptors (Lipinski definition) is 4. The van der Waals surface area contributed by atoms with Crippen LogP contribution in [-0.4, -0.2) is 53.6 Å². The molecule has 1 heterocycles. The number of likely N-dealkylation sites (tertiary alicyclic amines) is 1. The van der Waals surface area contributed by atoms with E-state index >= 15 is 0 Å². The lowest BCUT2D eigenvalue weighted by Gasteiger charge is -2.35. The number of aliphatic hydroxyl groups is 2. The minimum absolute atomic E-state index is 0.0844. The van der Waals surface area contributed by atoms with E-state index in [2.05, 4.69) is 11.8 Å². The van der Waals surface area contributed by atoms with E-state index in [4.69, 9.17) is 16.3 Å². The summed E-state index contributed by atoms with van der Waals surface area (Å²) in [6.45, 7) is 6.40. The zero-order valence-electron chi connectivity index (χ0n) is 13.3.